The van der Waals surface area contributed by atoms with Crippen LogP contribution >= 0.6 is 27.7 Å². The molecule has 8 nitrogen and oxygen atoms in total. The van der Waals surface area contributed by atoms with Crippen molar-refractivity contribution in [3.63, 3.8) is 0 Å². The first kappa shape index (κ1) is 25.6. The Hall–Kier alpha value is -4.02. The van der Waals surface area contributed by atoms with Crippen LogP contribution < -0.4 is 16.4 Å². The van der Waals surface area contributed by atoms with E-state index in [1.807, 2.05) is 54.6 Å². The van der Waals surface area contributed by atoms with E-state index in [-0.39, 0.29) is 11.8 Å². The molecule has 10 heteroatoms. The van der Waals surface area contributed by atoms with Crippen LogP contribution in [0.4, 0.5) is 22.9 Å². The smallest absolute Gasteiger partial charge is 0.274 e. The van der Waals surface area contributed by atoms with Gasteiger partial charge in [0.05, 0.1) is 11.1 Å². The van der Waals surface area contributed by atoms with Gasteiger partial charge in [-0.2, -0.15) is 0 Å². The van der Waals surface area contributed by atoms with Crippen molar-refractivity contribution in [1.82, 2.24) is 19.9 Å². The molecule has 2 aromatic carbocycles. The number of carbonyl (C=O) groups excluding carboxylic acids is 1. The molecule has 0 radical (unpaired) electrons. The number of nitrogens with one attached hydrogen (secondary N) is 2. The molecule has 3 heterocycles. The second-order valence-electron chi connectivity index (χ2n) is 8.81. The maximum absolute atomic E-state index is 12.8. The number of amides is 1. The zero-order valence-corrected chi connectivity index (χ0v) is 23.0. The molecule has 4 N–H and O–H groups in total. The Morgan fingerprint density at radius 2 is 1.79 bits per heavy atom. The van der Waals surface area contributed by atoms with Gasteiger partial charge >= 0.3 is 0 Å². The van der Waals surface area contributed by atoms with Crippen molar-refractivity contribution in [3.05, 3.63) is 95.1 Å². The number of anilines is 4. The van der Waals surface area contributed by atoms with Crippen LogP contribution in [0.3, 0.4) is 0 Å². The number of aromatic nitrogens is 4. The number of nitrogen functional groups attached to an aromatic ring is 1. The minimum absolute atomic E-state index is 0.286. The summed E-state index contributed by atoms with van der Waals surface area (Å²) >= 11 is 4.92. The molecule has 0 aliphatic carbocycles. The van der Waals surface area contributed by atoms with Gasteiger partial charge in [-0.05, 0) is 88.6 Å². The van der Waals surface area contributed by atoms with E-state index in [9.17, 15) is 4.79 Å². The Kier molecular flexibility index (Phi) is 7.52. The van der Waals surface area contributed by atoms with Gasteiger partial charge in [0.1, 0.15) is 17.8 Å². The second-order valence-corrected chi connectivity index (χ2v) is 10.8. The number of fused-ring (bicyclic) bond motifs is 1. The molecule has 190 valence electrons. The number of pyridine rings is 2. The van der Waals surface area contributed by atoms with E-state index in [2.05, 4.69) is 55.4 Å². The van der Waals surface area contributed by atoms with Crippen LogP contribution in [-0.4, -0.2) is 25.8 Å². The lowest BCUT2D eigenvalue weighted by molar-refractivity contribution is 0.102. The minimum Gasteiger partial charge on any atom is -0.399 e. The standard InChI is InChI=1S/C28H24BrN7OS/c1-16(2)22-11-9-21-26(35-22)32-15-33-27(21)36-24-13-19(34-28(37)23-10-3-17(29)14-31-23)6-12-25(24)38-20-7-4-18(30)5-8-20/h3-16H,30H2,1-2H3,(H,34,37)(H,32,33,35,36). The molecule has 0 atom stereocenters. The Labute approximate surface area is 232 Å². The maximum atomic E-state index is 12.8. The van der Waals surface area contributed by atoms with Crippen LogP contribution in [0.25, 0.3) is 11.0 Å². The van der Waals surface area contributed by atoms with E-state index >= 15 is 0 Å². The average Bonchev–Trinajstić information content (AvgIpc) is 2.91. The van der Waals surface area contributed by atoms with Crippen LogP contribution in [0.5, 0.6) is 0 Å². The Morgan fingerprint density at radius 3 is 2.53 bits per heavy atom. The summed E-state index contributed by atoms with van der Waals surface area (Å²) in [5.41, 5.74) is 9.85. The number of hydrogen-bond donors (Lipinski definition) is 3. The number of benzene rings is 2. The van der Waals surface area contributed by atoms with Gasteiger partial charge in [-0.1, -0.05) is 25.6 Å². The molecule has 0 aliphatic rings. The molecule has 0 fully saturated rings. The summed E-state index contributed by atoms with van der Waals surface area (Å²) < 4.78 is 0.802. The first-order chi connectivity index (χ1) is 18.4. The lowest BCUT2D eigenvalue weighted by Gasteiger charge is -2.15. The summed E-state index contributed by atoms with van der Waals surface area (Å²) in [5, 5.41) is 7.18. The average molecular weight is 587 g/mol. The molecule has 0 aliphatic heterocycles. The van der Waals surface area contributed by atoms with Gasteiger partial charge < -0.3 is 16.4 Å². The summed E-state index contributed by atoms with van der Waals surface area (Å²) in [7, 11) is 0. The van der Waals surface area contributed by atoms with Crippen molar-refractivity contribution in [1.29, 1.82) is 0 Å². The number of nitrogens with zero attached hydrogens (tertiary/aromatic N) is 4. The quantitative estimate of drug-likeness (QED) is 0.174. The van der Waals surface area contributed by atoms with Crippen molar-refractivity contribution < 1.29 is 4.79 Å². The van der Waals surface area contributed by atoms with E-state index in [0.29, 0.717) is 28.5 Å². The summed E-state index contributed by atoms with van der Waals surface area (Å²) in [4.78, 5) is 32.5. The third-order valence-corrected chi connectivity index (χ3v) is 7.22. The van der Waals surface area contributed by atoms with Crippen LogP contribution in [0.2, 0.25) is 0 Å². The van der Waals surface area contributed by atoms with E-state index in [1.54, 1.807) is 30.1 Å². The topological polar surface area (TPSA) is 119 Å². The fraction of sp³-hybridized carbons (Fsp3) is 0.107. The SMILES string of the molecule is CC(C)c1ccc2c(Nc3cc(NC(=O)c4ccc(Br)cn4)ccc3Sc3ccc(N)cc3)ncnc2n1. The highest BCUT2D eigenvalue weighted by Crippen LogP contribution is 2.37. The predicted octanol–water partition coefficient (Wildman–Crippen LogP) is 7.04. The van der Waals surface area contributed by atoms with Crippen LogP contribution in [0.15, 0.2) is 93.5 Å². The molecular formula is C28H24BrN7OS. The van der Waals surface area contributed by atoms with Crippen molar-refractivity contribution in [2.75, 3.05) is 16.4 Å². The van der Waals surface area contributed by atoms with Crippen molar-refractivity contribution in [2.45, 2.75) is 29.6 Å². The second kappa shape index (κ2) is 11.2. The Balaban J connectivity index is 1.50. The number of rotatable bonds is 7. The molecule has 5 aromatic rings. The zero-order valence-electron chi connectivity index (χ0n) is 20.6. The van der Waals surface area contributed by atoms with E-state index in [4.69, 9.17) is 10.7 Å². The molecule has 38 heavy (non-hydrogen) atoms. The maximum Gasteiger partial charge on any atom is 0.274 e. The monoisotopic (exact) mass is 585 g/mol. The minimum atomic E-state index is -0.305. The van der Waals surface area contributed by atoms with Gasteiger partial charge in [-0.15, -0.1) is 0 Å². The van der Waals surface area contributed by atoms with E-state index in [1.165, 1.54) is 6.33 Å². The number of halogens is 1. The largest absolute Gasteiger partial charge is 0.399 e. The fourth-order valence-corrected chi connectivity index (χ4v) is 4.78. The molecule has 5 rings (SSSR count). The first-order valence-electron chi connectivity index (χ1n) is 11.8. The number of nitrogens with two attached hydrogens (primary N) is 1. The summed E-state index contributed by atoms with van der Waals surface area (Å²) in [6.45, 7) is 4.19. The van der Waals surface area contributed by atoms with Gasteiger partial charge in [0.15, 0.2) is 5.65 Å². The van der Waals surface area contributed by atoms with Crippen molar-refractivity contribution in [2.24, 2.45) is 0 Å². The van der Waals surface area contributed by atoms with Crippen molar-refractivity contribution in [3.8, 4) is 0 Å². The van der Waals surface area contributed by atoms with E-state index < -0.39 is 0 Å². The van der Waals surface area contributed by atoms with Gasteiger partial charge in [0.25, 0.3) is 5.91 Å². The molecule has 0 unspecified atom stereocenters. The highest BCUT2D eigenvalue weighted by atomic mass is 79.9. The highest BCUT2D eigenvalue weighted by Gasteiger charge is 2.14. The van der Waals surface area contributed by atoms with Gasteiger partial charge in [-0.25, -0.2) is 19.9 Å². The third kappa shape index (κ3) is 5.92. The number of hydrogen-bond acceptors (Lipinski definition) is 8. The number of carbonyl (C=O) groups is 1. The zero-order chi connectivity index (χ0) is 26.6. The fourth-order valence-electron chi connectivity index (χ4n) is 3.67. The Morgan fingerprint density at radius 1 is 0.974 bits per heavy atom. The summed E-state index contributed by atoms with van der Waals surface area (Å²) in [6, 6.07) is 20.8. The molecule has 0 bridgehead atoms. The summed E-state index contributed by atoms with van der Waals surface area (Å²) in [6.07, 6.45) is 3.09. The predicted molar refractivity (Wildman–Crippen MR) is 156 cm³/mol. The highest BCUT2D eigenvalue weighted by molar-refractivity contribution is 9.10. The molecule has 0 saturated heterocycles. The third-order valence-electron chi connectivity index (χ3n) is 5.67. The van der Waals surface area contributed by atoms with Crippen LogP contribution in [-0.2, 0) is 0 Å². The summed E-state index contributed by atoms with van der Waals surface area (Å²) in [5.74, 6) is 0.601. The molecular weight excluding hydrogens is 562 g/mol. The van der Waals surface area contributed by atoms with Gasteiger partial charge in [0, 0.05) is 37.5 Å². The van der Waals surface area contributed by atoms with Gasteiger partial charge in [-0.3, -0.25) is 4.79 Å². The Bertz CT molecular complexity index is 1610. The lowest BCUT2D eigenvalue weighted by Crippen LogP contribution is -2.13. The molecule has 0 saturated carbocycles. The molecule has 1 amide bonds. The van der Waals surface area contributed by atoms with Crippen LogP contribution in [0, 0.1) is 0 Å². The molecule has 0 spiro atoms. The van der Waals surface area contributed by atoms with Crippen LogP contribution in [0.1, 0.15) is 35.9 Å². The van der Waals surface area contributed by atoms with E-state index in [0.717, 1.165) is 31.0 Å². The lowest BCUT2D eigenvalue weighted by atomic mass is 10.1. The normalized spacial score (nSPS) is 11.1. The first-order valence-corrected chi connectivity index (χ1v) is 13.5. The van der Waals surface area contributed by atoms with Crippen molar-refractivity contribution >= 4 is 67.5 Å². The van der Waals surface area contributed by atoms with Gasteiger partial charge in [0.2, 0.25) is 0 Å². The molecule has 3 aromatic heterocycles.